The molecule has 1 saturated heterocycles. The number of halogens is 2. The van der Waals surface area contributed by atoms with Gasteiger partial charge in [-0.1, -0.05) is 23.7 Å². The third kappa shape index (κ3) is 3.48. The first-order valence-electron chi connectivity index (χ1n) is 6.90. The van der Waals surface area contributed by atoms with Gasteiger partial charge in [0.1, 0.15) is 6.10 Å². The summed E-state index contributed by atoms with van der Waals surface area (Å²) in [5, 5.41) is 0.688. The lowest BCUT2D eigenvalue weighted by Crippen LogP contribution is -2.42. The van der Waals surface area contributed by atoms with Gasteiger partial charge in [0.2, 0.25) is 0 Å². The second-order valence-corrected chi connectivity index (χ2v) is 6.41. The Kier molecular flexibility index (Phi) is 4.76. The van der Waals surface area contributed by atoms with Crippen LogP contribution in [0.5, 0.6) is 0 Å². The molecule has 1 aliphatic rings. The highest BCUT2D eigenvalue weighted by Crippen LogP contribution is 2.24. The monoisotopic (exact) mass is 380 g/mol. The third-order valence-electron chi connectivity index (χ3n) is 3.55. The molecule has 0 bridgehead atoms. The number of amides is 1. The van der Waals surface area contributed by atoms with E-state index in [0.717, 1.165) is 10.0 Å². The summed E-state index contributed by atoms with van der Waals surface area (Å²) >= 11 is 9.25. The van der Waals surface area contributed by atoms with Crippen molar-refractivity contribution in [1.82, 2.24) is 9.88 Å². The molecule has 1 atom stereocenters. The van der Waals surface area contributed by atoms with Crippen LogP contribution in [0.15, 0.2) is 47.2 Å². The maximum absolute atomic E-state index is 12.6. The van der Waals surface area contributed by atoms with E-state index in [2.05, 4.69) is 20.9 Å². The maximum Gasteiger partial charge on any atom is 0.255 e. The Hall–Kier alpha value is -1.43. The van der Waals surface area contributed by atoms with Crippen LogP contribution < -0.4 is 0 Å². The fourth-order valence-electron chi connectivity index (χ4n) is 2.42. The van der Waals surface area contributed by atoms with Crippen molar-refractivity contribution in [2.75, 3.05) is 19.7 Å². The van der Waals surface area contributed by atoms with Crippen molar-refractivity contribution in [2.45, 2.75) is 6.10 Å². The first kappa shape index (κ1) is 15.5. The Morgan fingerprint density at radius 1 is 1.32 bits per heavy atom. The summed E-state index contributed by atoms with van der Waals surface area (Å²) in [6.45, 7) is 1.61. The van der Waals surface area contributed by atoms with Gasteiger partial charge in [0.05, 0.1) is 18.7 Å². The molecule has 6 heteroatoms. The molecule has 1 aromatic heterocycles. The van der Waals surface area contributed by atoms with Crippen LogP contribution in [0.4, 0.5) is 0 Å². The molecule has 1 fully saturated rings. The number of morpholine rings is 1. The Morgan fingerprint density at radius 2 is 2.09 bits per heavy atom. The fraction of sp³-hybridized carbons (Fsp3) is 0.250. The first-order valence-corrected chi connectivity index (χ1v) is 8.07. The van der Waals surface area contributed by atoms with Crippen LogP contribution in [0, 0.1) is 0 Å². The molecule has 22 heavy (non-hydrogen) atoms. The molecule has 0 radical (unpaired) electrons. The largest absolute Gasteiger partial charge is 0.370 e. The standard InChI is InChI=1S/C16H14BrClN2O2/c17-13-7-12(8-19-9-13)16(21)20-5-6-22-15(10-20)11-1-3-14(18)4-2-11/h1-4,7-9,15H,5-6,10H2. The molecule has 1 unspecified atom stereocenters. The summed E-state index contributed by atoms with van der Waals surface area (Å²) in [5.41, 5.74) is 1.60. The number of carbonyl (C=O) groups is 1. The van der Waals surface area contributed by atoms with E-state index in [9.17, 15) is 4.79 Å². The van der Waals surface area contributed by atoms with E-state index >= 15 is 0 Å². The molecule has 0 N–H and O–H groups in total. The van der Waals surface area contributed by atoms with Crippen LogP contribution in [0.25, 0.3) is 0 Å². The summed E-state index contributed by atoms with van der Waals surface area (Å²) in [7, 11) is 0. The fourth-order valence-corrected chi connectivity index (χ4v) is 2.92. The summed E-state index contributed by atoms with van der Waals surface area (Å²) in [6, 6.07) is 9.31. The molecule has 2 heterocycles. The van der Waals surface area contributed by atoms with Crippen LogP contribution in [0.1, 0.15) is 22.0 Å². The summed E-state index contributed by atoms with van der Waals surface area (Å²) in [5.74, 6) is -0.0314. The minimum absolute atomic E-state index is 0.0314. The van der Waals surface area contributed by atoms with Crippen LogP contribution in [0.3, 0.4) is 0 Å². The van der Waals surface area contributed by atoms with Crippen LogP contribution in [-0.2, 0) is 4.74 Å². The quantitative estimate of drug-likeness (QED) is 0.796. The molecule has 0 saturated carbocycles. The van der Waals surface area contributed by atoms with E-state index in [1.54, 1.807) is 23.4 Å². The van der Waals surface area contributed by atoms with Crippen molar-refractivity contribution < 1.29 is 9.53 Å². The predicted molar refractivity (Wildman–Crippen MR) is 88.0 cm³/mol. The Bertz CT molecular complexity index is 678. The van der Waals surface area contributed by atoms with E-state index in [-0.39, 0.29) is 12.0 Å². The molecule has 2 aromatic rings. The number of nitrogens with zero attached hydrogens (tertiary/aromatic N) is 2. The number of hydrogen-bond donors (Lipinski definition) is 0. The lowest BCUT2D eigenvalue weighted by Gasteiger charge is -2.33. The SMILES string of the molecule is O=C(c1cncc(Br)c1)N1CCOC(c2ccc(Cl)cc2)C1. The smallest absolute Gasteiger partial charge is 0.255 e. The highest BCUT2D eigenvalue weighted by molar-refractivity contribution is 9.10. The maximum atomic E-state index is 12.6. The van der Waals surface area contributed by atoms with Crippen molar-refractivity contribution in [2.24, 2.45) is 0 Å². The zero-order valence-electron chi connectivity index (χ0n) is 11.7. The number of benzene rings is 1. The lowest BCUT2D eigenvalue weighted by atomic mass is 10.1. The second kappa shape index (κ2) is 6.77. The van der Waals surface area contributed by atoms with E-state index in [1.807, 2.05) is 24.3 Å². The summed E-state index contributed by atoms with van der Waals surface area (Å²) < 4.78 is 6.57. The van der Waals surface area contributed by atoms with Gasteiger partial charge in [-0.25, -0.2) is 0 Å². The molecule has 1 aromatic carbocycles. The van der Waals surface area contributed by atoms with Gasteiger partial charge in [0.15, 0.2) is 0 Å². The van der Waals surface area contributed by atoms with Gasteiger partial charge < -0.3 is 9.64 Å². The Balaban J connectivity index is 1.75. The molecule has 3 rings (SSSR count). The molecular formula is C16H14BrClN2O2. The van der Waals surface area contributed by atoms with Crippen molar-refractivity contribution in [3.63, 3.8) is 0 Å². The summed E-state index contributed by atoms with van der Waals surface area (Å²) in [6.07, 6.45) is 3.11. The minimum atomic E-state index is -0.130. The number of carbonyl (C=O) groups excluding carboxylic acids is 1. The van der Waals surface area contributed by atoms with E-state index in [1.165, 1.54) is 0 Å². The zero-order chi connectivity index (χ0) is 15.5. The molecule has 1 amide bonds. The van der Waals surface area contributed by atoms with Gasteiger partial charge in [-0.2, -0.15) is 0 Å². The Labute approximate surface area is 142 Å². The van der Waals surface area contributed by atoms with Crippen LogP contribution in [-0.4, -0.2) is 35.5 Å². The molecule has 114 valence electrons. The van der Waals surface area contributed by atoms with Gasteiger partial charge in [-0.05, 0) is 39.7 Å². The van der Waals surface area contributed by atoms with Gasteiger partial charge in [-0.15, -0.1) is 0 Å². The molecule has 1 aliphatic heterocycles. The van der Waals surface area contributed by atoms with Crippen molar-refractivity contribution in [3.05, 3.63) is 63.3 Å². The van der Waals surface area contributed by atoms with E-state index in [0.29, 0.717) is 30.3 Å². The molecule has 0 aliphatic carbocycles. The lowest BCUT2D eigenvalue weighted by molar-refractivity contribution is -0.0228. The van der Waals surface area contributed by atoms with Gasteiger partial charge in [-0.3, -0.25) is 9.78 Å². The zero-order valence-corrected chi connectivity index (χ0v) is 14.0. The van der Waals surface area contributed by atoms with Crippen LogP contribution in [0.2, 0.25) is 5.02 Å². The molecule has 4 nitrogen and oxygen atoms in total. The Morgan fingerprint density at radius 3 is 2.82 bits per heavy atom. The molecule has 0 spiro atoms. The van der Waals surface area contributed by atoms with Crippen molar-refractivity contribution in [3.8, 4) is 0 Å². The predicted octanol–water partition coefficient (Wildman–Crippen LogP) is 3.71. The van der Waals surface area contributed by atoms with Gasteiger partial charge in [0.25, 0.3) is 5.91 Å². The topological polar surface area (TPSA) is 42.4 Å². The van der Waals surface area contributed by atoms with Crippen molar-refractivity contribution >= 4 is 33.4 Å². The highest BCUT2D eigenvalue weighted by atomic mass is 79.9. The molecular weight excluding hydrogens is 368 g/mol. The number of hydrogen-bond acceptors (Lipinski definition) is 3. The number of aromatic nitrogens is 1. The third-order valence-corrected chi connectivity index (χ3v) is 4.23. The van der Waals surface area contributed by atoms with Crippen LogP contribution >= 0.6 is 27.5 Å². The average Bonchev–Trinajstić information content (AvgIpc) is 2.55. The summed E-state index contributed by atoms with van der Waals surface area (Å²) in [4.78, 5) is 18.4. The highest BCUT2D eigenvalue weighted by Gasteiger charge is 2.26. The normalized spacial score (nSPS) is 18.3. The van der Waals surface area contributed by atoms with E-state index in [4.69, 9.17) is 16.3 Å². The number of ether oxygens (including phenoxy) is 1. The van der Waals surface area contributed by atoms with Gasteiger partial charge in [0, 0.05) is 28.4 Å². The minimum Gasteiger partial charge on any atom is -0.370 e. The second-order valence-electron chi connectivity index (χ2n) is 5.05. The first-order chi connectivity index (χ1) is 10.6. The van der Waals surface area contributed by atoms with E-state index < -0.39 is 0 Å². The van der Waals surface area contributed by atoms with Crippen molar-refractivity contribution in [1.29, 1.82) is 0 Å². The number of pyridine rings is 1. The van der Waals surface area contributed by atoms with Gasteiger partial charge >= 0.3 is 0 Å². The number of rotatable bonds is 2. The average molecular weight is 382 g/mol.